The zero-order valence-electron chi connectivity index (χ0n) is 31.2. The summed E-state index contributed by atoms with van der Waals surface area (Å²) in [6, 6.07) is 0. The maximum Gasteiger partial charge on any atom is 0.472 e. The topological polar surface area (TPSA) is 149 Å². The second-order valence-corrected chi connectivity index (χ2v) is 14.8. The monoisotopic (exact) mass is 720 g/mol. The first-order valence-corrected chi connectivity index (χ1v) is 21.1. The number of phosphoric acid groups is 1. The number of carbonyl (C=O) groups excluding carboxylic acids is 2. The van der Waals surface area contributed by atoms with Crippen LogP contribution in [-0.4, -0.2) is 65.7 Å². The van der Waals surface area contributed by atoms with E-state index in [1.165, 1.54) is 83.5 Å². The molecule has 49 heavy (non-hydrogen) atoms. The molecular formula is C38H73O10P. The number of ether oxygens (including phenoxy) is 2. The molecular weight excluding hydrogens is 647 g/mol. The summed E-state index contributed by atoms with van der Waals surface area (Å²) in [5.41, 5.74) is 0. The largest absolute Gasteiger partial charge is 0.472 e. The molecule has 0 saturated carbocycles. The Morgan fingerprint density at radius 1 is 0.592 bits per heavy atom. The Labute approximate surface area is 298 Å². The molecule has 0 aromatic heterocycles. The normalized spacial score (nSPS) is 14.1. The number of aliphatic hydroxyl groups excluding tert-OH is 2. The van der Waals surface area contributed by atoms with Crippen molar-refractivity contribution in [1.82, 2.24) is 0 Å². The first-order chi connectivity index (χ1) is 23.7. The molecule has 3 N–H and O–H groups in total. The summed E-state index contributed by atoms with van der Waals surface area (Å²) in [5, 5.41) is 18.3. The zero-order chi connectivity index (χ0) is 36.3. The standard InChI is InChI=1S/C38H73O10P/c1-3-5-7-9-11-13-15-16-17-18-20-22-24-26-28-30-38(42)48-36(34-47-49(43,44)46-32-35(40)31-39)33-45-37(41)29-27-25-23-21-19-14-12-10-8-6-4-2/h10,12,35-36,39-40H,3-9,11,13-34H2,1-2H3,(H,43,44)/b12-10-/t35-,36+/m0/s1. The lowest BCUT2D eigenvalue weighted by Gasteiger charge is -2.20. The molecule has 11 heteroatoms. The Morgan fingerprint density at radius 3 is 1.53 bits per heavy atom. The average molecular weight is 721 g/mol. The van der Waals surface area contributed by atoms with Crippen LogP contribution in [0.15, 0.2) is 12.2 Å². The van der Waals surface area contributed by atoms with Crippen LogP contribution in [-0.2, 0) is 32.7 Å². The third-order valence-corrected chi connectivity index (χ3v) is 9.37. The summed E-state index contributed by atoms with van der Waals surface area (Å²) in [5.74, 6) is -0.930. The lowest BCUT2D eigenvalue weighted by atomic mass is 10.0. The van der Waals surface area contributed by atoms with Gasteiger partial charge in [0.25, 0.3) is 0 Å². The van der Waals surface area contributed by atoms with Gasteiger partial charge in [-0.3, -0.25) is 18.6 Å². The first-order valence-electron chi connectivity index (χ1n) is 19.6. The molecule has 0 saturated heterocycles. The predicted octanol–water partition coefficient (Wildman–Crippen LogP) is 9.67. The summed E-state index contributed by atoms with van der Waals surface area (Å²) in [6.07, 6.45) is 30.4. The molecule has 0 aliphatic rings. The van der Waals surface area contributed by atoms with Crippen LogP contribution in [0.25, 0.3) is 0 Å². The highest BCUT2D eigenvalue weighted by atomic mass is 31.2. The van der Waals surface area contributed by atoms with Crippen molar-refractivity contribution in [2.45, 2.75) is 193 Å². The third-order valence-electron chi connectivity index (χ3n) is 8.42. The van der Waals surface area contributed by atoms with Crippen LogP contribution >= 0.6 is 7.82 Å². The van der Waals surface area contributed by atoms with Gasteiger partial charge in [0.05, 0.1) is 19.8 Å². The lowest BCUT2D eigenvalue weighted by molar-refractivity contribution is -0.161. The van der Waals surface area contributed by atoms with Crippen LogP contribution in [0, 0.1) is 0 Å². The Kier molecular flexibility index (Phi) is 34.2. The molecule has 0 aliphatic heterocycles. The molecule has 0 spiro atoms. The number of phosphoric ester groups is 1. The molecule has 0 aliphatic carbocycles. The molecule has 0 aromatic carbocycles. The summed E-state index contributed by atoms with van der Waals surface area (Å²) in [7, 11) is -4.61. The number of rotatable bonds is 37. The maximum absolute atomic E-state index is 12.5. The molecule has 3 atom stereocenters. The molecule has 10 nitrogen and oxygen atoms in total. The van der Waals surface area contributed by atoms with E-state index < -0.39 is 51.8 Å². The molecule has 0 bridgehead atoms. The predicted molar refractivity (Wildman–Crippen MR) is 196 cm³/mol. The molecule has 1 unspecified atom stereocenters. The Hall–Kier alpha value is -1.29. The number of allylic oxidation sites excluding steroid dienone is 2. The summed E-state index contributed by atoms with van der Waals surface area (Å²) >= 11 is 0. The smallest absolute Gasteiger partial charge is 0.462 e. The number of carbonyl (C=O) groups is 2. The van der Waals surface area contributed by atoms with Gasteiger partial charge in [0.1, 0.15) is 12.7 Å². The van der Waals surface area contributed by atoms with Crippen molar-refractivity contribution in [2.75, 3.05) is 26.4 Å². The van der Waals surface area contributed by atoms with E-state index in [0.29, 0.717) is 12.8 Å². The van der Waals surface area contributed by atoms with E-state index in [1.807, 2.05) is 0 Å². The van der Waals surface area contributed by atoms with E-state index in [0.717, 1.165) is 57.8 Å². The fourth-order valence-electron chi connectivity index (χ4n) is 5.33. The highest BCUT2D eigenvalue weighted by Crippen LogP contribution is 2.43. The van der Waals surface area contributed by atoms with Gasteiger partial charge in [0.15, 0.2) is 6.10 Å². The van der Waals surface area contributed by atoms with Gasteiger partial charge < -0.3 is 24.6 Å². The second kappa shape index (κ2) is 35.1. The minimum atomic E-state index is -4.61. The minimum Gasteiger partial charge on any atom is -0.462 e. The van der Waals surface area contributed by atoms with Gasteiger partial charge in [-0.25, -0.2) is 4.57 Å². The lowest BCUT2D eigenvalue weighted by Crippen LogP contribution is -2.29. The number of hydrogen-bond donors (Lipinski definition) is 3. The average Bonchev–Trinajstić information content (AvgIpc) is 3.09. The van der Waals surface area contributed by atoms with Gasteiger partial charge in [-0.05, 0) is 32.1 Å². The summed E-state index contributed by atoms with van der Waals surface area (Å²) in [4.78, 5) is 34.8. The fourth-order valence-corrected chi connectivity index (χ4v) is 6.12. The number of esters is 2. The van der Waals surface area contributed by atoms with Crippen molar-refractivity contribution in [3.8, 4) is 0 Å². The van der Waals surface area contributed by atoms with Gasteiger partial charge in [-0.2, -0.15) is 0 Å². The van der Waals surface area contributed by atoms with Crippen molar-refractivity contribution in [2.24, 2.45) is 0 Å². The first kappa shape index (κ1) is 47.7. The van der Waals surface area contributed by atoms with Crippen molar-refractivity contribution in [3.05, 3.63) is 12.2 Å². The molecule has 0 radical (unpaired) electrons. The van der Waals surface area contributed by atoms with E-state index in [1.54, 1.807) is 0 Å². The molecule has 0 amide bonds. The highest BCUT2D eigenvalue weighted by Gasteiger charge is 2.27. The zero-order valence-corrected chi connectivity index (χ0v) is 32.1. The molecule has 0 heterocycles. The van der Waals surface area contributed by atoms with Crippen LogP contribution < -0.4 is 0 Å². The molecule has 0 fully saturated rings. The van der Waals surface area contributed by atoms with Gasteiger partial charge in [-0.15, -0.1) is 0 Å². The second-order valence-electron chi connectivity index (χ2n) is 13.3. The van der Waals surface area contributed by atoms with Crippen molar-refractivity contribution in [1.29, 1.82) is 0 Å². The van der Waals surface area contributed by atoms with Crippen LogP contribution in [0.1, 0.15) is 181 Å². The SMILES string of the molecule is CCCC/C=C\CCCCCCCC(=O)OC[C@H](COP(=O)(O)OC[C@@H](O)CO)OC(=O)CCCCCCCCCCCCCCCCC. The quantitative estimate of drug-likeness (QED) is 0.0245. The Balaban J connectivity index is 4.33. The minimum absolute atomic E-state index is 0.188. The van der Waals surface area contributed by atoms with Gasteiger partial charge in [0, 0.05) is 12.8 Å². The summed E-state index contributed by atoms with van der Waals surface area (Å²) < 4.78 is 32.6. The third kappa shape index (κ3) is 34.9. The van der Waals surface area contributed by atoms with Gasteiger partial charge in [0.2, 0.25) is 0 Å². The number of unbranched alkanes of at least 4 members (excludes halogenated alkanes) is 21. The van der Waals surface area contributed by atoms with E-state index in [-0.39, 0.29) is 19.4 Å². The van der Waals surface area contributed by atoms with E-state index in [9.17, 15) is 24.2 Å². The van der Waals surface area contributed by atoms with E-state index in [4.69, 9.17) is 19.1 Å². The van der Waals surface area contributed by atoms with Crippen molar-refractivity contribution < 1.29 is 47.8 Å². The van der Waals surface area contributed by atoms with Crippen LogP contribution in [0.4, 0.5) is 0 Å². The van der Waals surface area contributed by atoms with E-state index >= 15 is 0 Å². The molecule has 0 aromatic rings. The number of aliphatic hydroxyl groups is 2. The van der Waals surface area contributed by atoms with Crippen LogP contribution in [0.2, 0.25) is 0 Å². The van der Waals surface area contributed by atoms with Crippen LogP contribution in [0.5, 0.6) is 0 Å². The molecule has 290 valence electrons. The van der Waals surface area contributed by atoms with Gasteiger partial charge >= 0.3 is 19.8 Å². The van der Waals surface area contributed by atoms with Gasteiger partial charge in [-0.1, -0.05) is 148 Å². The van der Waals surface area contributed by atoms with Crippen molar-refractivity contribution in [3.63, 3.8) is 0 Å². The Morgan fingerprint density at radius 2 is 1.02 bits per heavy atom. The highest BCUT2D eigenvalue weighted by molar-refractivity contribution is 7.47. The van der Waals surface area contributed by atoms with E-state index in [2.05, 4.69) is 30.5 Å². The molecule has 0 rings (SSSR count). The Bertz CT molecular complexity index is 837. The number of hydrogen-bond acceptors (Lipinski definition) is 9. The van der Waals surface area contributed by atoms with Crippen LogP contribution in [0.3, 0.4) is 0 Å². The summed E-state index contributed by atoms with van der Waals surface area (Å²) in [6.45, 7) is 2.33. The maximum atomic E-state index is 12.5. The van der Waals surface area contributed by atoms with Crippen molar-refractivity contribution >= 4 is 19.8 Å². The fraction of sp³-hybridized carbons (Fsp3) is 0.895.